The summed E-state index contributed by atoms with van der Waals surface area (Å²) in [5, 5.41) is 6.18. The van der Waals surface area contributed by atoms with E-state index in [2.05, 4.69) is 147 Å². The second kappa shape index (κ2) is 15.5. The van der Waals surface area contributed by atoms with E-state index in [1.807, 2.05) is 18.2 Å². The molecule has 236 valence electrons. The minimum absolute atomic E-state index is 0.0423. The third-order valence-corrected chi connectivity index (χ3v) is 10.5. The Kier molecular flexibility index (Phi) is 12.5. The molecule has 0 aliphatic rings. The third kappa shape index (κ3) is 9.85. The first kappa shape index (κ1) is 35.7. The van der Waals surface area contributed by atoms with Crippen LogP contribution in [0.2, 0.25) is 0 Å². The van der Waals surface area contributed by atoms with Crippen molar-refractivity contribution in [2.45, 2.75) is 85.4 Å². The summed E-state index contributed by atoms with van der Waals surface area (Å²) < 4.78 is 6.67. The molecule has 0 saturated carbocycles. The lowest BCUT2D eigenvalue weighted by Gasteiger charge is -2.47. The van der Waals surface area contributed by atoms with Gasteiger partial charge in [-0.1, -0.05) is 138 Å². The monoisotopic (exact) mass is 610 g/mol. The summed E-state index contributed by atoms with van der Waals surface area (Å²) in [4.78, 5) is 0. The molecule has 4 heteroatoms. The van der Waals surface area contributed by atoms with Gasteiger partial charge >= 0.3 is 0 Å². The van der Waals surface area contributed by atoms with Gasteiger partial charge in [0.2, 0.25) is 0 Å². The molecule has 0 aliphatic heterocycles. The van der Waals surface area contributed by atoms with Gasteiger partial charge in [-0.15, -0.1) is 0 Å². The quantitative estimate of drug-likeness (QED) is 0.125. The van der Waals surface area contributed by atoms with Crippen molar-refractivity contribution >= 4 is 13.5 Å². The van der Waals surface area contributed by atoms with Crippen LogP contribution in [0.1, 0.15) is 83.7 Å². The van der Waals surface area contributed by atoms with E-state index in [-0.39, 0.29) is 22.5 Å². The van der Waals surface area contributed by atoms with E-state index in [0.29, 0.717) is 12.5 Å². The molecule has 0 aromatic heterocycles. The number of allylic oxidation sites excluding steroid dienone is 4. The standard InChI is InChI=1S/C40H55N2OP/c1-11-16-35(12-2)44(36-17-14-13-15-18-36)43-29-39(7,8)42-40(9,10)38(5,6)28-32-21-25-34(26-22-32)37(41)33-23-19-31(20-24-33)27-30(3)4/h11-26,30,37,42H,1-2,27-29,41H2,3-10H3/b35-16+. The van der Waals surface area contributed by atoms with Crippen LogP contribution in [0.3, 0.4) is 0 Å². The van der Waals surface area contributed by atoms with Crippen molar-refractivity contribution in [3.63, 3.8) is 0 Å². The lowest BCUT2D eigenvalue weighted by molar-refractivity contribution is 0.0924. The van der Waals surface area contributed by atoms with Crippen LogP contribution in [0.25, 0.3) is 0 Å². The van der Waals surface area contributed by atoms with Gasteiger partial charge < -0.3 is 15.6 Å². The van der Waals surface area contributed by atoms with Gasteiger partial charge in [-0.25, -0.2) is 0 Å². The molecule has 0 radical (unpaired) electrons. The number of rotatable bonds is 16. The predicted octanol–water partition coefficient (Wildman–Crippen LogP) is 9.64. The van der Waals surface area contributed by atoms with Crippen LogP contribution < -0.4 is 16.4 Å². The van der Waals surface area contributed by atoms with Crippen molar-refractivity contribution in [3.05, 3.63) is 138 Å². The topological polar surface area (TPSA) is 47.3 Å². The van der Waals surface area contributed by atoms with Gasteiger partial charge in [-0.05, 0) is 74.1 Å². The molecular weight excluding hydrogens is 555 g/mol. The maximum atomic E-state index is 6.68. The van der Waals surface area contributed by atoms with Gasteiger partial charge in [-0.2, -0.15) is 0 Å². The first-order valence-electron chi connectivity index (χ1n) is 15.8. The number of nitrogens with two attached hydrogens (primary N) is 1. The van der Waals surface area contributed by atoms with Crippen molar-refractivity contribution in [2.75, 3.05) is 6.61 Å². The van der Waals surface area contributed by atoms with Crippen molar-refractivity contribution in [1.82, 2.24) is 5.32 Å². The molecule has 2 unspecified atom stereocenters. The van der Waals surface area contributed by atoms with Gasteiger partial charge in [0.25, 0.3) is 0 Å². The Morgan fingerprint density at radius 1 is 0.841 bits per heavy atom. The Bertz CT molecular complexity index is 1370. The second-order valence-electron chi connectivity index (χ2n) is 14.2. The molecule has 2 atom stereocenters. The molecule has 0 fully saturated rings. The lowest BCUT2D eigenvalue weighted by atomic mass is 9.69. The molecule has 3 nitrogen and oxygen atoms in total. The van der Waals surface area contributed by atoms with Gasteiger partial charge in [0, 0.05) is 21.7 Å². The summed E-state index contributed by atoms with van der Waals surface area (Å²) in [5.74, 6) is 0.647. The molecule has 3 aromatic rings. The van der Waals surface area contributed by atoms with E-state index in [9.17, 15) is 0 Å². The van der Waals surface area contributed by atoms with Crippen LogP contribution in [-0.4, -0.2) is 17.7 Å². The van der Waals surface area contributed by atoms with E-state index in [1.54, 1.807) is 6.08 Å². The molecule has 0 spiro atoms. The number of nitrogens with one attached hydrogen (secondary N) is 1. The Balaban J connectivity index is 1.68. The first-order chi connectivity index (χ1) is 20.7. The van der Waals surface area contributed by atoms with E-state index in [0.717, 1.165) is 34.6 Å². The Hall–Kier alpha value is -2.81. The van der Waals surface area contributed by atoms with Crippen LogP contribution in [0, 0.1) is 11.3 Å². The lowest BCUT2D eigenvalue weighted by Crippen LogP contribution is -2.61. The highest BCUT2D eigenvalue weighted by molar-refractivity contribution is 7.65. The maximum Gasteiger partial charge on any atom is 0.0918 e. The number of hydrogen-bond donors (Lipinski definition) is 2. The van der Waals surface area contributed by atoms with Gasteiger partial charge in [-0.3, -0.25) is 0 Å². The SMILES string of the molecule is C=C/C=C(\C=C)P(OCC(C)(C)NC(C)(C)C(C)(C)Cc1ccc(C(N)c2ccc(CC(C)C)cc2)cc1)c1ccccc1. The summed E-state index contributed by atoms with van der Waals surface area (Å²) in [7, 11) is -1.01. The molecule has 3 aromatic carbocycles. The molecule has 3 rings (SSSR count). The highest BCUT2D eigenvalue weighted by Gasteiger charge is 2.40. The third-order valence-electron chi connectivity index (χ3n) is 8.59. The van der Waals surface area contributed by atoms with E-state index in [4.69, 9.17) is 10.3 Å². The van der Waals surface area contributed by atoms with Crippen molar-refractivity contribution in [2.24, 2.45) is 17.1 Å². The first-order valence-corrected chi connectivity index (χ1v) is 17.1. The zero-order valence-electron chi connectivity index (χ0n) is 28.4. The van der Waals surface area contributed by atoms with Crippen LogP contribution >= 0.6 is 8.15 Å². The van der Waals surface area contributed by atoms with Crippen LogP contribution in [0.4, 0.5) is 0 Å². The van der Waals surface area contributed by atoms with Crippen LogP contribution in [0.5, 0.6) is 0 Å². The molecule has 0 aliphatic carbocycles. The molecule has 44 heavy (non-hydrogen) atoms. The molecule has 0 saturated heterocycles. The highest BCUT2D eigenvalue weighted by Crippen LogP contribution is 2.46. The minimum atomic E-state index is -1.01. The molecule has 3 N–H and O–H groups in total. The highest BCUT2D eigenvalue weighted by atomic mass is 31.1. The van der Waals surface area contributed by atoms with Crippen molar-refractivity contribution in [1.29, 1.82) is 0 Å². The van der Waals surface area contributed by atoms with E-state index >= 15 is 0 Å². The van der Waals surface area contributed by atoms with E-state index < -0.39 is 8.15 Å². The average Bonchev–Trinajstić information content (AvgIpc) is 2.96. The zero-order valence-corrected chi connectivity index (χ0v) is 29.3. The second-order valence-corrected chi connectivity index (χ2v) is 16.1. The fourth-order valence-electron chi connectivity index (χ4n) is 5.58. The fraction of sp³-hybridized carbons (Fsp3) is 0.400. The smallest absolute Gasteiger partial charge is 0.0918 e. The molecule has 0 amide bonds. The predicted molar refractivity (Wildman–Crippen MR) is 194 cm³/mol. The minimum Gasteiger partial charge on any atom is -0.348 e. The molecular formula is C40H55N2OP. The Morgan fingerprint density at radius 2 is 1.39 bits per heavy atom. The summed E-state index contributed by atoms with van der Waals surface area (Å²) in [6.07, 6.45) is 7.71. The fourth-order valence-corrected chi connectivity index (χ4v) is 7.47. The average molecular weight is 611 g/mol. The largest absolute Gasteiger partial charge is 0.348 e. The van der Waals surface area contributed by atoms with Crippen LogP contribution in [0.15, 0.2) is 116 Å². The summed E-state index contributed by atoms with van der Waals surface area (Å²) in [6.45, 7) is 26.7. The molecule has 0 bridgehead atoms. The summed E-state index contributed by atoms with van der Waals surface area (Å²) >= 11 is 0. The Morgan fingerprint density at radius 3 is 1.89 bits per heavy atom. The van der Waals surface area contributed by atoms with Gasteiger partial charge in [0.1, 0.15) is 0 Å². The normalized spacial score (nSPS) is 14.4. The summed E-state index contributed by atoms with van der Waals surface area (Å²) in [5.41, 5.74) is 11.1. The Labute approximate surface area is 269 Å². The maximum absolute atomic E-state index is 6.68. The number of hydrogen-bond acceptors (Lipinski definition) is 3. The summed E-state index contributed by atoms with van der Waals surface area (Å²) in [6, 6.07) is 27.9. The number of benzene rings is 3. The van der Waals surface area contributed by atoms with Crippen molar-refractivity contribution < 1.29 is 4.52 Å². The van der Waals surface area contributed by atoms with Gasteiger partial charge in [0.05, 0.1) is 20.8 Å². The van der Waals surface area contributed by atoms with Crippen molar-refractivity contribution in [3.8, 4) is 0 Å². The molecule has 0 heterocycles. The zero-order chi connectivity index (χ0) is 32.5. The van der Waals surface area contributed by atoms with E-state index in [1.165, 1.54) is 11.1 Å². The van der Waals surface area contributed by atoms with Gasteiger partial charge in [0.15, 0.2) is 0 Å². The van der Waals surface area contributed by atoms with Crippen LogP contribution in [-0.2, 0) is 17.4 Å².